The Hall–Kier alpha value is -2.28. The number of methoxy groups -OCH3 is 1. The number of carbonyl (C=O) groups is 1. The minimum Gasteiger partial charge on any atom is -0.497 e. The van der Waals surface area contributed by atoms with E-state index in [1.807, 2.05) is 32.0 Å². The van der Waals surface area contributed by atoms with E-state index in [4.69, 9.17) is 4.74 Å². The summed E-state index contributed by atoms with van der Waals surface area (Å²) in [4.78, 5) is 29.8. The lowest BCUT2D eigenvalue weighted by Crippen LogP contribution is -2.38. The van der Waals surface area contributed by atoms with Gasteiger partial charge in [-0.05, 0) is 25.5 Å². The van der Waals surface area contributed by atoms with Crippen LogP contribution in [-0.2, 0) is 17.8 Å². The molecule has 1 aromatic carbocycles. The average Bonchev–Trinajstić information content (AvgIpc) is 2.62. The van der Waals surface area contributed by atoms with Crippen molar-refractivity contribution < 1.29 is 9.53 Å². The molecule has 1 unspecified atom stereocenters. The van der Waals surface area contributed by atoms with Gasteiger partial charge in [-0.2, -0.15) is 0 Å². The first kappa shape index (κ1) is 17.5. The third-order valence-corrected chi connectivity index (χ3v) is 5.45. The molecular weight excluding hydrogens is 338 g/mol. The number of benzene rings is 1. The Kier molecular flexibility index (Phi) is 5.13. The van der Waals surface area contributed by atoms with Crippen molar-refractivity contribution in [3.05, 3.63) is 45.9 Å². The molecule has 1 aromatic heterocycles. The van der Waals surface area contributed by atoms with Gasteiger partial charge in [0, 0.05) is 35.3 Å². The number of amides is 1. The Morgan fingerprint density at radius 1 is 1.48 bits per heavy atom. The molecule has 7 heteroatoms. The van der Waals surface area contributed by atoms with E-state index in [9.17, 15) is 9.59 Å². The number of carbonyl (C=O) groups excluding carboxylic acids is 1. The molecule has 6 nitrogen and oxygen atoms in total. The number of rotatable bonds is 4. The summed E-state index contributed by atoms with van der Waals surface area (Å²) >= 11 is 1.46. The van der Waals surface area contributed by atoms with E-state index in [-0.39, 0.29) is 17.4 Å². The number of ether oxygens (including phenoxy) is 1. The molecular formula is C18H21N3O3S. The van der Waals surface area contributed by atoms with Crippen molar-refractivity contribution in [2.45, 2.75) is 32.0 Å². The van der Waals surface area contributed by atoms with Crippen LogP contribution in [0.3, 0.4) is 0 Å². The summed E-state index contributed by atoms with van der Waals surface area (Å²) < 4.78 is 6.81. The maximum Gasteiger partial charge on any atom is 0.257 e. The highest BCUT2D eigenvalue weighted by Gasteiger charge is 2.28. The second kappa shape index (κ2) is 7.31. The Morgan fingerprint density at radius 3 is 3.00 bits per heavy atom. The molecule has 0 aliphatic carbocycles. The normalized spacial score (nSPS) is 16.2. The lowest BCUT2D eigenvalue weighted by Gasteiger charge is -2.25. The SMILES string of the molecule is CCc1c(C)nc2n(c1=O)CC(C(=O)Nc1cccc(OC)c1)CS2. The largest absolute Gasteiger partial charge is 0.497 e. The topological polar surface area (TPSA) is 73.2 Å². The molecule has 0 saturated heterocycles. The van der Waals surface area contributed by atoms with Gasteiger partial charge in [0.25, 0.3) is 5.56 Å². The lowest BCUT2D eigenvalue weighted by atomic mass is 10.1. The maximum atomic E-state index is 12.6. The molecule has 0 radical (unpaired) electrons. The van der Waals surface area contributed by atoms with Crippen LogP contribution in [0.1, 0.15) is 18.2 Å². The number of thioether (sulfide) groups is 1. The zero-order chi connectivity index (χ0) is 18.0. The van der Waals surface area contributed by atoms with E-state index in [0.29, 0.717) is 35.3 Å². The molecule has 2 heterocycles. The van der Waals surface area contributed by atoms with Gasteiger partial charge in [0.15, 0.2) is 5.16 Å². The average molecular weight is 359 g/mol. The van der Waals surface area contributed by atoms with Gasteiger partial charge < -0.3 is 10.1 Å². The van der Waals surface area contributed by atoms with E-state index in [2.05, 4.69) is 10.3 Å². The number of hydrogen-bond donors (Lipinski definition) is 1. The minimum absolute atomic E-state index is 0.0311. The molecule has 132 valence electrons. The molecule has 1 aliphatic heterocycles. The Bertz CT molecular complexity index is 863. The lowest BCUT2D eigenvalue weighted by molar-refractivity contribution is -0.119. The summed E-state index contributed by atoms with van der Waals surface area (Å²) in [6.45, 7) is 4.17. The molecule has 1 aliphatic rings. The second-order valence-electron chi connectivity index (χ2n) is 5.96. The van der Waals surface area contributed by atoms with Crippen molar-refractivity contribution in [3.8, 4) is 5.75 Å². The van der Waals surface area contributed by atoms with Gasteiger partial charge in [0.05, 0.1) is 13.0 Å². The molecule has 1 amide bonds. The number of aromatic nitrogens is 2. The van der Waals surface area contributed by atoms with Gasteiger partial charge in [-0.25, -0.2) is 4.98 Å². The Morgan fingerprint density at radius 2 is 2.28 bits per heavy atom. The van der Waals surface area contributed by atoms with E-state index in [1.54, 1.807) is 17.7 Å². The predicted octanol–water partition coefficient (Wildman–Crippen LogP) is 2.48. The Balaban J connectivity index is 1.80. The van der Waals surface area contributed by atoms with Gasteiger partial charge in [-0.15, -0.1) is 0 Å². The van der Waals surface area contributed by atoms with Crippen molar-refractivity contribution in [2.24, 2.45) is 5.92 Å². The first-order valence-electron chi connectivity index (χ1n) is 8.21. The van der Waals surface area contributed by atoms with Gasteiger partial charge >= 0.3 is 0 Å². The fourth-order valence-electron chi connectivity index (χ4n) is 2.91. The van der Waals surface area contributed by atoms with Gasteiger partial charge in [0.2, 0.25) is 5.91 Å². The molecule has 0 bridgehead atoms. The number of hydrogen-bond acceptors (Lipinski definition) is 5. The van der Waals surface area contributed by atoms with Gasteiger partial charge in [0.1, 0.15) is 5.75 Å². The summed E-state index contributed by atoms with van der Waals surface area (Å²) in [6.07, 6.45) is 0.642. The zero-order valence-electron chi connectivity index (χ0n) is 14.5. The highest BCUT2D eigenvalue weighted by Crippen LogP contribution is 2.27. The number of nitrogens with zero attached hydrogens (tertiary/aromatic N) is 2. The van der Waals surface area contributed by atoms with E-state index in [0.717, 1.165) is 11.3 Å². The van der Waals surface area contributed by atoms with Crippen molar-refractivity contribution in [1.82, 2.24) is 9.55 Å². The standard InChI is InChI=1S/C18H21N3O3S/c1-4-15-11(2)19-18-21(17(15)23)9-12(10-25-18)16(22)20-13-6-5-7-14(8-13)24-3/h5-8,12H,4,9-10H2,1-3H3,(H,20,22). The highest BCUT2D eigenvalue weighted by molar-refractivity contribution is 7.99. The quantitative estimate of drug-likeness (QED) is 0.849. The highest BCUT2D eigenvalue weighted by atomic mass is 32.2. The van der Waals surface area contributed by atoms with Crippen LogP contribution in [-0.4, -0.2) is 28.3 Å². The fourth-order valence-corrected chi connectivity index (χ4v) is 4.03. The predicted molar refractivity (Wildman–Crippen MR) is 98.4 cm³/mol. The molecule has 1 N–H and O–H groups in total. The van der Waals surface area contributed by atoms with Gasteiger partial charge in [-0.1, -0.05) is 24.8 Å². The smallest absolute Gasteiger partial charge is 0.257 e. The summed E-state index contributed by atoms with van der Waals surface area (Å²) in [5.74, 6) is 0.907. The summed E-state index contributed by atoms with van der Waals surface area (Å²) in [5.41, 5.74) is 2.16. The van der Waals surface area contributed by atoms with Crippen LogP contribution in [0.5, 0.6) is 5.75 Å². The molecule has 0 fully saturated rings. The molecule has 3 rings (SSSR count). The van der Waals surface area contributed by atoms with Crippen LogP contribution < -0.4 is 15.6 Å². The number of anilines is 1. The summed E-state index contributed by atoms with van der Waals surface area (Å²) in [7, 11) is 1.59. The van der Waals surface area contributed by atoms with Crippen LogP contribution >= 0.6 is 11.8 Å². The van der Waals surface area contributed by atoms with Crippen LogP contribution in [0.4, 0.5) is 5.69 Å². The summed E-state index contributed by atoms with van der Waals surface area (Å²) in [6, 6.07) is 7.23. The van der Waals surface area contributed by atoms with Gasteiger partial charge in [-0.3, -0.25) is 14.2 Å². The third-order valence-electron chi connectivity index (χ3n) is 4.31. The summed E-state index contributed by atoms with van der Waals surface area (Å²) in [5, 5.41) is 3.61. The van der Waals surface area contributed by atoms with E-state index >= 15 is 0 Å². The molecule has 0 spiro atoms. The first-order chi connectivity index (χ1) is 12.0. The number of aryl methyl sites for hydroxylation is 1. The van der Waals surface area contributed by atoms with Crippen molar-refractivity contribution >= 4 is 23.4 Å². The maximum absolute atomic E-state index is 12.6. The van der Waals surface area contributed by atoms with Crippen molar-refractivity contribution in [2.75, 3.05) is 18.2 Å². The van der Waals surface area contributed by atoms with Crippen LogP contribution in [0.25, 0.3) is 0 Å². The first-order valence-corrected chi connectivity index (χ1v) is 9.20. The minimum atomic E-state index is -0.282. The van der Waals surface area contributed by atoms with Crippen LogP contribution in [0.2, 0.25) is 0 Å². The third kappa shape index (κ3) is 3.56. The second-order valence-corrected chi connectivity index (χ2v) is 6.94. The van der Waals surface area contributed by atoms with Crippen molar-refractivity contribution in [1.29, 1.82) is 0 Å². The monoisotopic (exact) mass is 359 g/mol. The molecule has 2 aromatic rings. The van der Waals surface area contributed by atoms with E-state index < -0.39 is 0 Å². The van der Waals surface area contributed by atoms with Crippen molar-refractivity contribution in [3.63, 3.8) is 0 Å². The fraction of sp³-hybridized carbons (Fsp3) is 0.389. The number of nitrogens with one attached hydrogen (secondary N) is 1. The molecule has 0 saturated carbocycles. The zero-order valence-corrected chi connectivity index (χ0v) is 15.4. The molecule has 1 atom stereocenters. The van der Waals surface area contributed by atoms with E-state index in [1.165, 1.54) is 11.8 Å². The van der Waals surface area contributed by atoms with Crippen LogP contribution in [0, 0.1) is 12.8 Å². The van der Waals surface area contributed by atoms with Crippen LogP contribution in [0.15, 0.2) is 34.2 Å². The Labute approximate surface area is 150 Å². The number of fused-ring (bicyclic) bond motifs is 1. The molecule has 25 heavy (non-hydrogen) atoms.